The van der Waals surface area contributed by atoms with Gasteiger partial charge in [-0.25, -0.2) is 4.79 Å². The van der Waals surface area contributed by atoms with Crippen LogP contribution in [0.3, 0.4) is 0 Å². The highest BCUT2D eigenvalue weighted by Gasteiger charge is 2.18. The van der Waals surface area contributed by atoms with Crippen LogP contribution >= 0.6 is 0 Å². The average molecular weight is 420 g/mol. The highest BCUT2D eigenvalue weighted by Crippen LogP contribution is 2.01. The second-order valence-corrected chi connectivity index (χ2v) is 6.24. The Labute approximate surface area is 175 Å². The summed E-state index contributed by atoms with van der Waals surface area (Å²) in [4.78, 5) is 37.9. The smallest absolute Gasteiger partial charge is 0.407 e. The summed E-state index contributed by atoms with van der Waals surface area (Å²) in [7, 11) is 0. The van der Waals surface area contributed by atoms with Crippen LogP contribution in [0.5, 0.6) is 0 Å². The number of amides is 3. The van der Waals surface area contributed by atoms with E-state index in [2.05, 4.69) is 26.0 Å². The van der Waals surface area contributed by atoms with Crippen molar-refractivity contribution in [3.63, 3.8) is 0 Å². The number of hydrogen-bond acceptors (Lipinski definition) is 6. The first-order valence-electron chi connectivity index (χ1n) is 9.61. The van der Waals surface area contributed by atoms with Gasteiger partial charge in [0.25, 0.3) is 0 Å². The normalized spacial score (nSPS) is 11.0. The van der Waals surface area contributed by atoms with Crippen molar-refractivity contribution in [1.82, 2.24) is 16.0 Å². The van der Waals surface area contributed by atoms with E-state index in [1.54, 1.807) is 0 Å². The van der Waals surface area contributed by atoms with Gasteiger partial charge in [0, 0.05) is 31.5 Å². The van der Waals surface area contributed by atoms with Gasteiger partial charge in [-0.1, -0.05) is 35.4 Å². The van der Waals surface area contributed by atoms with E-state index in [9.17, 15) is 14.4 Å². The summed E-state index contributed by atoms with van der Waals surface area (Å²) in [6.45, 7) is 2.82. The summed E-state index contributed by atoms with van der Waals surface area (Å²) in [6.07, 6.45) is 0.279. The number of carbonyl (C=O) groups excluding carboxylic acids is 3. The Kier molecular flexibility index (Phi) is 12.9. The van der Waals surface area contributed by atoms with Crippen LogP contribution in [-0.2, 0) is 25.7 Å². The van der Waals surface area contributed by atoms with Gasteiger partial charge in [-0.05, 0) is 23.9 Å². The second kappa shape index (κ2) is 15.6. The molecule has 0 bridgehead atoms. The SMILES string of the molecule is CC(=O)N[C@@H](CCCNC(=O)OCc1ccccc1)C(=O)NCCOCCN=[N+]=[N-]. The molecule has 0 saturated heterocycles. The van der Waals surface area contributed by atoms with Gasteiger partial charge >= 0.3 is 6.09 Å². The summed E-state index contributed by atoms with van der Waals surface area (Å²) in [5.74, 6) is -0.661. The van der Waals surface area contributed by atoms with E-state index in [4.69, 9.17) is 15.0 Å². The predicted octanol–water partition coefficient (Wildman–Crippen LogP) is 1.64. The van der Waals surface area contributed by atoms with Crippen LogP contribution in [0.2, 0.25) is 0 Å². The maximum absolute atomic E-state index is 12.2. The lowest BCUT2D eigenvalue weighted by atomic mass is 10.1. The molecule has 3 N–H and O–H groups in total. The summed E-state index contributed by atoms with van der Waals surface area (Å²) in [5.41, 5.74) is 9.04. The van der Waals surface area contributed by atoms with Crippen LogP contribution < -0.4 is 16.0 Å². The lowest BCUT2D eigenvalue weighted by molar-refractivity contribution is -0.128. The van der Waals surface area contributed by atoms with Crippen LogP contribution in [0.1, 0.15) is 25.3 Å². The molecule has 164 valence electrons. The highest BCUT2D eigenvalue weighted by molar-refractivity contribution is 5.86. The van der Waals surface area contributed by atoms with Crippen LogP contribution in [0, 0.1) is 0 Å². The summed E-state index contributed by atoms with van der Waals surface area (Å²) >= 11 is 0. The number of rotatable bonds is 14. The second-order valence-electron chi connectivity index (χ2n) is 6.24. The molecule has 11 heteroatoms. The zero-order chi connectivity index (χ0) is 22.0. The zero-order valence-corrected chi connectivity index (χ0v) is 17.0. The number of alkyl carbamates (subject to hydrolysis) is 1. The lowest BCUT2D eigenvalue weighted by Gasteiger charge is -2.17. The maximum Gasteiger partial charge on any atom is 0.407 e. The molecule has 0 aliphatic carbocycles. The molecule has 11 nitrogen and oxygen atoms in total. The minimum Gasteiger partial charge on any atom is -0.445 e. The molecule has 1 aromatic rings. The number of nitrogens with zero attached hydrogens (tertiary/aromatic N) is 3. The molecular weight excluding hydrogens is 392 g/mol. The monoisotopic (exact) mass is 420 g/mol. The fourth-order valence-corrected chi connectivity index (χ4v) is 2.41. The van der Waals surface area contributed by atoms with Crippen LogP contribution in [0.15, 0.2) is 35.4 Å². The standard InChI is InChI=1S/C19H28N6O5/c1-15(26)24-17(18(27)21-10-12-29-13-11-23-25-20)8-5-9-22-19(28)30-14-16-6-3-2-4-7-16/h2-4,6-7,17H,5,8-14H2,1H3,(H,21,27)(H,22,28)(H,24,26)/t17-/m0/s1. The fraction of sp³-hybridized carbons (Fsp3) is 0.526. The molecule has 0 saturated carbocycles. The first kappa shape index (κ1) is 24.7. The van der Waals surface area contributed by atoms with Crippen molar-refractivity contribution in [2.45, 2.75) is 32.4 Å². The third kappa shape index (κ3) is 12.2. The van der Waals surface area contributed by atoms with Crippen molar-refractivity contribution in [3.05, 3.63) is 46.3 Å². The lowest BCUT2D eigenvalue weighted by Crippen LogP contribution is -2.47. The Hall–Kier alpha value is -3.30. The van der Waals surface area contributed by atoms with Gasteiger partial charge in [-0.15, -0.1) is 0 Å². The molecule has 0 fully saturated rings. The molecule has 0 unspecified atom stereocenters. The van der Waals surface area contributed by atoms with Gasteiger partial charge in [0.2, 0.25) is 11.8 Å². The molecule has 0 aliphatic rings. The van der Waals surface area contributed by atoms with Gasteiger partial charge < -0.3 is 25.4 Å². The molecule has 3 amide bonds. The van der Waals surface area contributed by atoms with Gasteiger partial charge in [-0.3, -0.25) is 9.59 Å². The van der Waals surface area contributed by atoms with Crippen LogP contribution in [-0.4, -0.2) is 56.8 Å². The Bertz CT molecular complexity index is 709. The number of hydrogen-bond donors (Lipinski definition) is 3. The van der Waals surface area contributed by atoms with Crippen molar-refractivity contribution in [2.24, 2.45) is 5.11 Å². The van der Waals surface area contributed by atoms with E-state index in [1.807, 2.05) is 30.3 Å². The van der Waals surface area contributed by atoms with Gasteiger partial charge in [0.1, 0.15) is 12.6 Å². The third-order valence-corrected chi connectivity index (χ3v) is 3.79. The molecule has 1 rings (SSSR count). The quantitative estimate of drug-likeness (QED) is 0.181. The Balaban J connectivity index is 2.24. The van der Waals surface area contributed by atoms with E-state index >= 15 is 0 Å². The fourth-order valence-electron chi connectivity index (χ4n) is 2.41. The van der Waals surface area contributed by atoms with Crippen molar-refractivity contribution >= 4 is 17.9 Å². The molecule has 0 radical (unpaired) electrons. The van der Waals surface area contributed by atoms with E-state index in [-0.39, 0.29) is 44.7 Å². The minimum atomic E-state index is -0.715. The van der Waals surface area contributed by atoms with E-state index in [0.29, 0.717) is 19.4 Å². The van der Waals surface area contributed by atoms with E-state index < -0.39 is 12.1 Å². The molecule has 1 atom stereocenters. The number of ether oxygens (including phenoxy) is 2. The van der Waals surface area contributed by atoms with Crippen molar-refractivity contribution < 1.29 is 23.9 Å². The zero-order valence-electron chi connectivity index (χ0n) is 17.0. The predicted molar refractivity (Wildman–Crippen MR) is 109 cm³/mol. The Morgan fingerprint density at radius 1 is 1.13 bits per heavy atom. The molecule has 1 aromatic carbocycles. The number of benzene rings is 1. The maximum atomic E-state index is 12.2. The van der Waals surface area contributed by atoms with Gasteiger partial charge in [-0.2, -0.15) is 0 Å². The molecular formula is C19H28N6O5. The molecule has 0 spiro atoms. The number of carbonyl (C=O) groups is 3. The third-order valence-electron chi connectivity index (χ3n) is 3.79. The average Bonchev–Trinajstić information content (AvgIpc) is 2.74. The van der Waals surface area contributed by atoms with E-state index in [0.717, 1.165) is 5.56 Å². The van der Waals surface area contributed by atoms with Gasteiger partial charge in [0.15, 0.2) is 0 Å². The van der Waals surface area contributed by atoms with E-state index in [1.165, 1.54) is 6.92 Å². The first-order valence-corrected chi connectivity index (χ1v) is 9.61. The minimum absolute atomic E-state index is 0.175. The number of nitrogens with one attached hydrogen (secondary N) is 3. The largest absolute Gasteiger partial charge is 0.445 e. The first-order chi connectivity index (χ1) is 14.5. The van der Waals surface area contributed by atoms with Crippen LogP contribution in [0.4, 0.5) is 4.79 Å². The molecule has 0 aliphatic heterocycles. The summed E-state index contributed by atoms with van der Waals surface area (Å²) < 4.78 is 10.3. The summed E-state index contributed by atoms with van der Waals surface area (Å²) in [6, 6.07) is 8.60. The van der Waals surface area contributed by atoms with Crippen molar-refractivity contribution in [1.29, 1.82) is 0 Å². The topological polar surface area (TPSA) is 155 Å². The van der Waals surface area contributed by atoms with Gasteiger partial charge in [0.05, 0.1) is 13.2 Å². The van der Waals surface area contributed by atoms with Crippen LogP contribution in [0.25, 0.3) is 10.4 Å². The highest BCUT2D eigenvalue weighted by atomic mass is 16.5. The van der Waals surface area contributed by atoms with Crippen molar-refractivity contribution in [3.8, 4) is 0 Å². The molecule has 0 heterocycles. The summed E-state index contributed by atoms with van der Waals surface area (Å²) in [5, 5.41) is 11.2. The Morgan fingerprint density at radius 2 is 1.90 bits per heavy atom. The number of azide groups is 1. The Morgan fingerprint density at radius 3 is 2.60 bits per heavy atom. The van der Waals surface area contributed by atoms with Crippen molar-refractivity contribution in [2.75, 3.05) is 32.8 Å². The molecule has 30 heavy (non-hydrogen) atoms. The molecule has 0 aromatic heterocycles.